The normalized spacial score (nSPS) is 17.6. The number of aryl methyl sites for hydroxylation is 2. The van der Waals surface area contributed by atoms with Gasteiger partial charge in [0.15, 0.2) is 0 Å². The first-order chi connectivity index (χ1) is 14.3. The van der Waals surface area contributed by atoms with Gasteiger partial charge in [0.1, 0.15) is 16.5 Å². The van der Waals surface area contributed by atoms with E-state index in [2.05, 4.69) is 0 Å². The van der Waals surface area contributed by atoms with Gasteiger partial charge in [-0.15, -0.1) is 0 Å². The molecule has 1 amide bonds. The molecule has 4 rings (SSSR count). The molecule has 2 heterocycles. The molecule has 0 atom stereocenters. The summed E-state index contributed by atoms with van der Waals surface area (Å²) in [7, 11) is -4.02. The highest BCUT2D eigenvalue weighted by atomic mass is 32.2. The number of amides is 1. The smallest absolute Gasteiger partial charge is 0.258 e. The Hall–Kier alpha value is -2.32. The van der Waals surface area contributed by atoms with Crippen molar-refractivity contribution < 1.29 is 22.0 Å². The topological polar surface area (TPSA) is 57.7 Å². The van der Waals surface area contributed by atoms with Crippen LogP contribution in [0.4, 0.5) is 14.5 Å². The number of fused-ring (bicyclic) bond motifs is 1. The third kappa shape index (κ3) is 3.74. The molecule has 2 aromatic carbocycles. The molecule has 0 spiro atoms. The lowest BCUT2D eigenvalue weighted by atomic mass is 9.97. The Bertz CT molecular complexity index is 1100. The quantitative estimate of drug-likeness (QED) is 0.733. The molecule has 2 aliphatic heterocycles. The van der Waals surface area contributed by atoms with E-state index in [0.29, 0.717) is 43.7 Å². The van der Waals surface area contributed by atoms with Crippen molar-refractivity contribution in [3.05, 3.63) is 58.7 Å². The summed E-state index contributed by atoms with van der Waals surface area (Å²) in [5.74, 6) is -1.63. The first kappa shape index (κ1) is 20.9. The molecule has 0 radical (unpaired) electrons. The number of carbonyl (C=O) groups is 1. The summed E-state index contributed by atoms with van der Waals surface area (Å²) < 4.78 is 55.5. The van der Waals surface area contributed by atoms with E-state index in [-0.39, 0.29) is 11.4 Å². The van der Waals surface area contributed by atoms with Crippen LogP contribution in [-0.2, 0) is 16.4 Å². The van der Waals surface area contributed by atoms with E-state index >= 15 is 0 Å². The second-order valence-electron chi connectivity index (χ2n) is 7.90. The first-order valence-electron chi connectivity index (χ1n) is 10.2. The van der Waals surface area contributed by atoms with Crippen molar-refractivity contribution in [3.63, 3.8) is 0 Å². The van der Waals surface area contributed by atoms with Gasteiger partial charge in [-0.1, -0.05) is 6.42 Å². The molecule has 5 nitrogen and oxygen atoms in total. The summed E-state index contributed by atoms with van der Waals surface area (Å²) in [4.78, 5) is 14.3. The summed E-state index contributed by atoms with van der Waals surface area (Å²) in [6.07, 6.45) is 3.75. The molecule has 2 aromatic rings. The molecule has 0 unspecified atom stereocenters. The fourth-order valence-corrected chi connectivity index (χ4v) is 5.97. The number of halogens is 2. The number of benzene rings is 2. The van der Waals surface area contributed by atoms with Crippen LogP contribution in [0.2, 0.25) is 0 Å². The molecule has 0 aliphatic carbocycles. The Morgan fingerprint density at radius 1 is 0.967 bits per heavy atom. The van der Waals surface area contributed by atoms with Gasteiger partial charge in [-0.2, -0.15) is 4.31 Å². The number of anilines is 1. The lowest BCUT2D eigenvalue weighted by Gasteiger charge is -2.31. The Morgan fingerprint density at radius 3 is 2.43 bits per heavy atom. The van der Waals surface area contributed by atoms with E-state index in [1.165, 1.54) is 27.4 Å². The molecule has 0 saturated carbocycles. The first-order valence-corrected chi connectivity index (χ1v) is 11.6. The molecule has 1 fully saturated rings. The zero-order valence-electron chi connectivity index (χ0n) is 16.8. The minimum atomic E-state index is -4.02. The number of nitrogens with zero attached hydrogens (tertiary/aromatic N) is 2. The van der Waals surface area contributed by atoms with Gasteiger partial charge >= 0.3 is 0 Å². The van der Waals surface area contributed by atoms with Crippen molar-refractivity contribution in [2.75, 3.05) is 24.5 Å². The highest BCUT2D eigenvalue weighted by Gasteiger charge is 2.31. The number of piperidine rings is 1. The third-order valence-corrected chi connectivity index (χ3v) is 7.71. The van der Waals surface area contributed by atoms with Crippen molar-refractivity contribution in [2.24, 2.45) is 0 Å². The summed E-state index contributed by atoms with van der Waals surface area (Å²) in [5, 5.41) is 0. The van der Waals surface area contributed by atoms with Gasteiger partial charge < -0.3 is 4.90 Å². The maximum atomic E-state index is 14.5. The predicted octanol–water partition coefficient (Wildman–Crippen LogP) is 4.04. The van der Waals surface area contributed by atoms with Crippen LogP contribution in [0.3, 0.4) is 0 Å². The van der Waals surface area contributed by atoms with Crippen molar-refractivity contribution in [3.8, 4) is 0 Å². The third-order valence-electron chi connectivity index (χ3n) is 5.80. The molecule has 1 saturated heterocycles. The molecular weight excluding hydrogens is 410 g/mol. The van der Waals surface area contributed by atoms with Crippen molar-refractivity contribution >= 4 is 21.6 Å². The minimum absolute atomic E-state index is 0.101. The van der Waals surface area contributed by atoms with Crippen LogP contribution < -0.4 is 4.90 Å². The second kappa shape index (κ2) is 8.07. The Kier molecular flexibility index (Phi) is 5.63. The highest BCUT2D eigenvalue weighted by Crippen LogP contribution is 2.33. The molecule has 8 heteroatoms. The average molecular weight is 435 g/mol. The van der Waals surface area contributed by atoms with Crippen LogP contribution in [-0.4, -0.2) is 38.3 Å². The van der Waals surface area contributed by atoms with E-state index in [4.69, 9.17) is 0 Å². The SMILES string of the molecule is Cc1cc(F)cc2c1N(C(=O)c1ccc(F)c(S(=O)(=O)N3CCCCC3)c1)CCC2. The molecule has 0 N–H and O–H groups in total. The summed E-state index contributed by atoms with van der Waals surface area (Å²) in [6, 6.07) is 6.28. The standard InChI is InChI=1S/C22H24F2N2O3S/c1-15-12-18(23)13-16-6-5-11-26(21(15)16)22(27)17-7-8-19(24)20(14-17)30(28,29)25-9-3-2-4-10-25/h7-8,12-14H,2-6,9-11H2,1H3. The van der Waals surface area contributed by atoms with Gasteiger partial charge in [0.2, 0.25) is 10.0 Å². The van der Waals surface area contributed by atoms with Gasteiger partial charge in [-0.05, 0) is 74.1 Å². The number of rotatable bonds is 3. The fourth-order valence-electron chi connectivity index (χ4n) is 4.36. The summed E-state index contributed by atoms with van der Waals surface area (Å²) in [6.45, 7) is 2.88. The van der Waals surface area contributed by atoms with Gasteiger partial charge in [0, 0.05) is 25.2 Å². The largest absolute Gasteiger partial charge is 0.308 e. The van der Waals surface area contributed by atoms with Crippen LogP contribution in [0.15, 0.2) is 35.2 Å². The Balaban J connectivity index is 1.71. The molecular formula is C22H24F2N2O3S. The van der Waals surface area contributed by atoms with Crippen molar-refractivity contribution in [1.29, 1.82) is 0 Å². The minimum Gasteiger partial charge on any atom is -0.308 e. The lowest BCUT2D eigenvalue weighted by molar-refractivity contribution is 0.0984. The summed E-state index contributed by atoms with van der Waals surface area (Å²) >= 11 is 0. The van der Waals surface area contributed by atoms with E-state index < -0.39 is 26.6 Å². The zero-order valence-corrected chi connectivity index (χ0v) is 17.6. The lowest BCUT2D eigenvalue weighted by Crippen LogP contribution is -2.37. The maximum absolute atomic E-state index is 14.5. The van der Waals surface area contributed by atoms with Gasteiger partial charge in [-0.25, -0.2) is 17.2 Å². The van der Waals surface area contributed by atoms with Crippen LogP contribution in [0.5, 0.6) is 0 Å². The van der Waals surface area contributed by atoms with E-state index in [9.17, 15) is 22.0 Å². The number of hydrogen-bond acceptors (Lipinski definition) is 3. The number of sulfonamides is 1. The monoisotopic (exact) mass is 434 g/mol. The number of carbonyl (C=O) groups excluding carboxylic acids is 1. The molecule has 0 bridgehead atoms. The molecule has 0 aromatic heterocycles. The van der Waals surface area contributed by atoms with Gasteiger partial charge in [0.25, 0.3) is 5.91 Å². The Morgan fingerprint density at radius 2 is 1.70 bits per heavy atom. The Labute approximate surface area is 175 Å². The highest BCUT2D eigenvalue weighted by molar-refractivity contribution is 7.89. The molecule has 30 heavy (non-hydrogen) atoms. The van der Waals surface area contributed by atoms with E-state index in [1.807, 2.05) is 0 Å². The average Bonchev–Trinajstić information content (AvgIpc) is 2.73. The van der Waals surface area contributed by atoms with Gasteiger partial charge in [0.05, 0.1) is 5.69 Å². The van der Waals surface area contributed by atoms with E-state index in [0.717, 1.165) is 37.0 Å². The van der Waals surface area contributed by atoms with Crippen LogP contribution in [0.25, 0.3) is 0 Å². The van der Waals surface area contributed by atoms with E-state index in [1.54, 1.807) is 6.92 Å². The summed E-state index contributed by atoms with van der Waals surface area (Å²) in [5.41, 5.74) is 2.14. The van der Waals surface area contributed by atoms with Gasteiger partial charge in [-0.3, -0.25) is 4.79 Å². The zero-order chi connectivity index (χ0) is 21.5. The predicted molar refractivity (Wildman–Crippen MR) is 110 cm³/mol. The van der Waals surface area contributed by atoms with Crippen LogP contribution in [0, 0.1) is 18.6 Å². The van der Waals surface area contributed by atoms with Crippen LogP contribution >= 0.6 is 0 Å². The van der Waals surface area contributed by atoms with Crippen molar-refractivity contribution in [1.82, 2.24) is 4.31 Å². The second-order valence-corrected chi connectivity index (χ2v) is 9.81. The maximum Gasteiger partial charge on any atom is 0.258 e. The molecule has 2 aliphatic rings. The van der Waals surface area contributed by atoms with Crippen LogP contribution in [0.1, 0.15) is 47.2 Å². The molecule has 160 valence electrons. The number of hydrogen-bond donors (Lipinski definition) is 0. The van der Waals surface area contributed by atoms with Crippen molar-refractivity contribution in [2.45, 2.75) is 43.9 Å². The fraction of sp³-hybridized carbons (Fsp3) is 0.409.